The molecule has 1 fully saturated rings. The number of rotatable bonds is 3. The molecule has 1 saturated heterocycles. The van der Waals surface area contributed by atoms with E-state index in [4.69, 9.17) is 10.5 Å². The first-order chi connectivity index (χ1) is 8.13. The lowest BCUT2D eigenvalue weighted by molar-refractivity contribution is -0.131. The van der Waals surface area contributed by atoms with Gasteiger partial charge in [-0.05, 0) is 13.0 Å². The van der Waals surface area contributed by atoms with Crippen molar-refractivity contribution in [1.29, 1.82) is 0 Å². The minimum atomic E-state index is -0.469. The Morgan fingerprint density at radius 1 is 1.59 bits per heavy atom. The van der Waals surface area contributed by atoms with Crippen molar-refractivity contribution in [3.63, 3.8) is 0 Å². The van der Waals surface area contributed by atoms with Crippen LogP contribution in [0.5, 0.6) is 0 Å². The molecule has 17 heavy (non-hydrogen) atoms. The lowest BCUT2D eigenvalue weighted by Gasteiger charge is -2.18. The van der Waals surface area contributed by atoms with Crippen molar-refractivity contribution < 1.29 is 9.53 Å². The molecule has 1 amide bonds. The van der Waals surface area contributed by atoms with Crippen molar-refractivity contribution in [2.45, 2.75) is 25.1 Å². The van der Waals surface area contributed by atoms with Gasteiger partial charge in [0.15, 0.2) is 0 Å². The second-order valence-corrected chi connectivity index (χ2v) is 4.36. The number of nitrogens with two attached hydrogens (primary N) is 1. The van der Waals surface area contributed by atoms with Crippen LogP contribution >= 0.6 is 0 Å². The number of hydrogen-bond acceptors (Lipinski definition) is 4. The fraction of sp³-hybridized carbons (Fsp3) is 0.636. The second-order valence-electron chi connectivity index (χ2n) is 4.36. The highest BCUT2D eigenvalue weighted by atomic mass is 16.5. The number of ether oxygens (including phenoxy) is 1. The molecule has 0 radical (unpaired) electrons. The monoisotopic (exact) mass is 238 g/mol. The van der Waals surface area contributed by atoms with E-state index in [2.05, 4.69) is 5.10 Å². The Bertz CT molecular complexity index is 377. The van der Waals surface area contributed by atoms with E-state index in [1.165, 1.54) is 0 Å². The zero-order valence-corrected chi connectivity index (χ0v) is 10.1. The Balaban J connectivity index is 2.11. The van der Waals surface area contributed by atoms with E-state index in [1.807, 2.05) is 16.9 Å². The van der Waals surface area contributed by atoms with Gasteiger partial charge in [-0.25, -0.2) is 0 Å². The molecule has 2 N–H and O–H groups in total. The Morgan fingerprint density at radius 2 is 2.35 bits per heavy atom. The molecule has 3 atom stereocenters. The minimum Gasteiger partial charge on any atom is -0.377 e. The summed E-state index contributed by atoms with van der Waals surface area (Å²) in [6.45, 7) is 2.87. The van der Waals surface area contributed by atoms with Crippen molar-refractivity contribution in [2.75, 3.05) is 20.2 Å². The van der Waals surface area contributed by atoms with Gasteiger partial charge in [0.1, 0.15) is 0 Å². The molecule has 0 aromatic carbocycles. The first kappa shape index (κ1) is 12.1. The number of aromatic nitrogens is 2. The predicted octanol–water partition coefficient (Wildman–Crippen LogP) is -0.371. The maximum atomic E-state index is 11.8. The SMILES string of the molecule is CO[C@@H]1CN(C(=O)[C@@H](C)N)C[C@@H]1n1cccn1. The van der Waals surface area contributed by atoms with E-state index < -0.39 is 6.04 Å². The largest absolute Gasteiger partial charge is 0.377 e. The van der Waals surface area contributed by atoms with E-state index in [0.717, 1.165) is 0 Å². The number of amides is 1. The molecule has 0 spiro atoms. The molecule has 0 saturated carbocycles. The summed E-state index contributed by atoms with van der Waals surface area (Å²) in [7, 11) is 1.65. The fourth-order valence-corrected chi connectivity index (χ4v) is 2.19. The van der Waals surface area contributed by atoms with Gasteiger partial charge >= 0.3 is 0 Å². The highest BCUT2D eigenvalue weighted by Gasteiger charge is 2.37. The number of methoxy groups -OCH3 is 1. The first-order valence-electron chi connectivity index (χ1n) is 5.69. The molecule has 1 aromatic heterocycles. The summed E-state index contributed by atoms with van der Waals surface area (Å²) in [5, 5.41) is 4.20. The average Bonchev–Trinajstić information content (AvgIpc) is 2.95. The number of carbonyl (C=O) groups excluding carboxylic acids is 1. The highest BCUT2D eigenvalue weighted by Crippen LogP contribution is 2.24. The summed E-state index contributed by atoms with van der Waals surface area (Å²) in [6.07, 6.45) is 3.58. The van der Waals surface area contributed by atoms with Gasteiger partial charge < -0.3 is 15.4 Å². The topological polar surface area (TPSA) is 73.4 Å². The lowest BCUT2D eigenvalue weighted by Crippen LogP contribution is -2.41. The molecule has 2 rings (SSSR count). The molecule has 94 valence electrons. The molecule has 0 unspecified atom stereocenters. The third-order valence-corrected chi connectivity index (χ3v) is 3.11. The summed E-state index contributed by atoms with van der Waals surface area (Å²) in [5.41, 5.74) is 5.61. The Labute approximate surface area is 100 Å². The zero-order valence-electron chi connectivity index (χ0n) is 10.1. The van der Waals surface area contributed by atoms with Crippen molar-refractivity contribution >= 4 is 5.91 Å². The van der Waals surface area contributed by atoms with Crippen molar-refractivity contribution in [3.8, 4) is 0 Å². The molecule has 1 aromatic rings. The summed E-state index contributed by atoms with van der Waals surface area (Å²) in [6, 6.07) is 1.46. The molecule has 0 aliphatic carbocycles. The van der Waals surface area contributed by atoms with Crippen LogP contribution < -0.4 is 5.73 Å². The molecule has 2 heterocycles. The van der Waals surface area contributed by atoms with E-state index in [0.29, 0.717) is 13.1 Å². The third kappa shape index (κ3) is 2.32. The fourth-order valence-electron chi connectivity index (χ4n) is 2.19. The number of carbonyl (C=O) groups is 1. The van der Waals surface area contributed by atoms with E-state index >= 15 is 0 Å². The van der Waals surface area contributed by atoms with Crippen molar-refractivity contribution in [3.05, 3.63) is 18.5 Å². The lowest BCUT2D eigenvalue weighted by atomic mass is 10.2. The van der Waals surface area contributed by atoms with Crippen LogP contribution in [0, 0.1) is 0 Å². The molecule has 1 aliphatic rings. The van der Waals surface area contributed by atoms with Crippen LogP contribution in [0.3, 0.4) is 0 Å². The van der Waals surface area contributed by atoms with Gasteiger partial charge in [-0.1, -0.05) is 0 Å². The second kappa shape index (κ2) is 4.85. The van der Waals surface area contributed by atoms with Gasteiger partial charge in [0.25, 0.3) is 0 Å². The van der Waals surface area contributed by atoms with Crippen molar-refractivity contribution in [2.24, 2.45) is 5.73 Å². The summed E-state index contributed by atoms with van der Waals surface area (Å²) < 4.78 is 7.25. The molecule has 6 heteroatoms. The molecule has 1 aliphatic heterocycles. The Morgan fingerprint density at radius 3 is 2.88 bits per heavy atom. The van der Waals surface area contributed by atoms with Gasteiger partial charge in [-0.15, -0.1) is 0 Å². The standard InChI is InChI=1S/C11H18N4O2/c1-8(12)11(16)14-6-9(10(7-14)17-2)15-5-3-4-13-15/h3-5,8-10H,6-7,12H2,1-2H3/t8-,9+,10-/m1/s1. The van der Waals surface area contributed by atoms with Crippen LogP contribution in [0.2, 0.25) is 0 Å². The van der Waals surface area contributed by atoms with Crippen LogP contribution in [-0.2, 0) is 9.53 Å². The molecular formula is C11H18N4O2. The summed E-state index contributed by atoms with van der Waals surface area (Å²) in [4.78, 5) is 13.6. The normalized spacial score (nSPS) is 26.2. The number of nitrogens with zero attached hydrogens (tertiary/aromatic N) is 3. The minimum absolute atomic E-state index is 0.0300. The maximum Gasteiger partial charge on any atom is 0.239 e. The van der Waals surface area contributed by atoms with E-state index in [1.54, 1.807) is 25.1 Å². The van der Waals surface area contributed by atoms with Crippen LogP contribution in [0.15, 0.2) is 18.5 Å². The van der Waals surface area contributed by atoms with Crippen LogP contribution in [-0.4, -0.2) is 52.9 Å². The van der Waals surface area contributed by atoms with E-state index in [-0.39, 0.29) is 18.1 Å². The Hall–Kier alpha value is -1.40. The number of likely N-dealkylation sites (tertiary alicyclic amines) is 1. The zero-order chi connectivity index (χ0) is 12.4. The first-order valence-corrected chi connectivity index (χ1v) is 5.69. The maximum absolute atomic E-state index is 11.8. The smallest absolute Gasteiger partial charge is 0.239 e. The quantitative estimate of drug-likeness (QED) is 0.779. The van der Waals surface area contributed by atoms with Crippen LogP contribution in [0.4, 0.5) is 0 Å². The van der Waals surface area contributed by atoms with Crippen LogP contribution in [0.25, 0.3) is 0 Å². The predicted molar refractivity (Wildman–Crippen MR) is 62.3 cm³/mol. The van der Waals surface area contributed by atoms with Gasteiger partial charge in [0, 0.05) is 32.6 Å². The molecule has 6 nitrogen and oxygen atoms in total. The van der Waals surface area contributed by atoms with Crippen molar-refractivity contribution in [1.82, 2.24) is 14.7 Å². The van der Waals surface area contributed by atoms with Gasteiger partial charge in [-0.3, -0.25) is 9.48 Å². The van der Waals surface area contributed by atoms with Gasteiger partial charge in [0.05, 0.1) is 18.2 Å². The van der Waals surface area contributed by atoms with E-state index in [9.17, 15) is 4.79 Å². The Kier molecular flexibility index (Phi) is 3.44. The number of hydrogen-bond donors (Lipinski definition) is 1. The summed E-state index contributed by atoms with van der Waals surface area (Å²) in [5.74, 6) is -0.0401. The third-order valence-electron chi connectivity index (χ3n) is 3.11. The summed E-state index contributed by atoms with van der Waals surface area (Å²) >= 11 is 0. The molecular weight excluding hydrogens is 220 g/mol. The highest BCUT2D eigenvalue weighted by molar-refractivity contribution is 5.81. The van der Waals surface area contributed by atoms with Gasteiger partial charge in [-0.2, -0.15) is 5.10 Å². The average molecular weight is 238 g/mol. The van der Waals surface area contributed by atoms with Crippen LogP contribution in [0.1, 0.15) is 13.0 Å². The molecule has 0 bridgehead atoms. The van der Waals surface area contributed by atoms with Gasteiger partial charge in [0.2, 0.25) is 5.91 Å².